The molecule has 1 aliphatic heterocycles. The zero-order chi connectivity index (χ0) is 19.1. The van der Waals surface area contributed by atoms with E-state index in [1.807, 2.05) is 25.1 Å². The maximum Gasteiger partial charge on any atom is 0.225 e. The standard InChI is InChI=1S/C21H26N4OS/c1-3-22-21(23-13-15-8-10-17(27-2)11-9-15)24-14-16-12-20(26)25-19-7-5-4-6-18(16)19/h4-11,16H,3,12-14H2,1-2H3,(H,25,26)(H2,22,23,24). The van der Waals surface area contributed by atoms with Crippen LogP contribution in [-0.4, -0.2) is 31.2 Å². The van der Waals surface area contributed by atoms with E-state index in [9.17, 15) is 4.79 Å². The SMILES string of the molecule is CCNC(=NCc1ccc(SC)cc1)NCC1CC(=O)Nc2ccccc21. The maximum absolute atomic E-state index is 12.0. The Kier molecular flexibility index (Phi) is 6.76. The van der Waals surface area contributed by atoms with Gasteiger partial charge in [0.1, 0.15) is 0 Å². The highest BCUT2D eigenvalue weighted by Gasteiger charge is 2.24. The first-order valence-corrected chi connectivity index (χ1v) is 10.5. The van der Waals surface area contributed by atoms with Gasteiger partial charge in [-0.1, -0.05) is 30.3 Å². The largest absolute Gasteiger partial charge is 0.357 e. The zero-order valence-corrected chi connectivity index (χ0v) is 16.6. The fourth-order valence-corrected chi connectivity index (χ4v) is 3.56. The number of nitrogens with zero attached hydrogens (tertiary/aromatic N) is 1. The lowest BCUT2D eigenvalue weighted by atomic mass is 9.90. The Morgan fingerprint density at radius 3 is 2.70 bits per heavy atom. The second kappa shape index (κ2) is 9.46. The van der Waals surface area contributed by atoms with Crippen LogP contribution in [0.4, 0.5) is 5.69 Å². The highest BCUT2D eigenvalue weighted by Crippen LogP contribution is 2.31. The van der Waals surface area contributed by atoms with Gasteiger partial charge in [0.25, 0.3) is 0 Å². The summed E-state index contributed by atoms with van der Waals surface area (Å²) in [5.41, 5.74) is 3.26. The Morgan fingerprint density at radius 2 is 1.96 bits per heavy atom. The van der Waals surface area contributed by atoms with Gasteiger partial charge in [0.05, 0.1) is 6.54 Å². The molecular weight excluding hydrogens is 356 g/mol. The molecule has 0 spiro atoms. The Hall–Kier alpha value is -2.47. The zero-order valence-electron chi connectivity index (χ0n) is 15.8. The van der Waals surface area contributed by atoms with Crippen molar-refractivity contribution in [3.8, 4) is 0 Å². The van der Waals surface area contributed by atoms with E-state index >= 15 is 0 Å². The number of guanidine groups is 1. The minimum Gasteiger partial charge on any atom is -0.357 e. The highest BCUT2D eigenvalue weighted by atomic mass is 32.2. The van der Waals surface area contributed by atoms with Crippen molar-refractivity contribution in [2.75, 3.05) is 24.7 Å². The summed E-state index contributed by atoms with van der Waals surface area (Å²) in [5, 5.41) is 9.63. The summed E-state index contributed by atoms with van der Waals surface area (Å²) in [5.74, 6) is 0.978. The number of aliphatic imine (C=N–C) groups is 1. The van der Waals surface area contributed by atoms with Crippen molar-refractivity contribution < 1.29 is 4.79 Å². The van der Waals surface area contributed by atoms with E-state index in [4.69, 9.17) is 0 Å². The third-order valence-electron chi connectivity index (χ3n) is 4.55. The summed E-state index contributed by atoms with van der Waals surface area (Å²) in [7, 11) is 0. The molecule has 0 fully saturated rings. The van der Waals surface area contributed by atoms with E-state index in [2.05, 4.69) is 57.5 Å². The van der Waals surface area contributed by atoms with Crippen LogP contribution in [0.25, 0.3) is 0 Å². The van der Waals surface area contributed by atoms with Gasteiger partial charge in [-0.2, -0.15) is 0 Å². The normalized spacial score (nSPS) is 16.4. The lowest BCUT2D eigenvalue weighted by Gasteiger charge is -2.26. The van der Waals surface area contributed by atoms with Gasteiger partial charge in [-0.3, -0.25) is 4.79 Å². The molecule has 3 N–H and O–H groups in total. The molecule has 0 radical (unpaired) electrons. The van der Waals surface area contributed by atoms with Crippen molar-refractivity contribution in [1.29, 1.82) is 0 Å². The first-order valence-electron chi connectivity index (χ1n) is 9.23. The molecule has 5 nitrogen and oxygen atoms in total. The van der Waals surface area contributed by atoms with Crippen LogP contribution in [0, 0.1) is 0 Å². The van der Waals surface area contributed by atoms with Crippen molar-refractivity contribution >= 4 is 29.3 Å². The Balaban J connectivity index is 1.65. The molecule has 0 aliphatic carbocycles. The molecule has 1 heterocycles. The lowest BCUT2D eigenvalue weighted by Crippen LogP contribution is -2.40. The Labute approximate surface area is 165 Å². The Bertz CT molecular complexity index is 804. The molecule has 1 unspecified atom stereocenters. The molecule has 27 heavy (non-hydrogen) atoms. The minimum atomic E-state index is 0.0660. The first kappa shape index (κ1) is 19.3. The molecule has 0 bridgehead atoms. The van der Waals surface area contributed by atoms with Gasteiger partial charge in [-0.15, -0.1) is 11.8 Å². The number of rotatable bonds is 6. The van der Waals surface area contributed by atoms with Crippen LogP contribution in [0.3, 0.4) is 0 Å². The van der Waals surface area contributed by atoms with Crippen LogP contribution in [-0.2, 0) is 11.3 Å². The first-order chi connectivity index (χ1) is 13.2. The molecular formula is C21H26N4OS. The van der Waals surface area contributed by atoms with Gasteiger partial charge in [0.2, 0.25) is 5.91 Å². The maximum atomic E-state index is 12.0. The minimum absolute atomic E-state index is 0.0660. The fraction of sp³-hybridized carbons (Fsp3) is 0.333. The number of hydrogen-bond acceptors (Lipinski definition) is 3. The number of carbonyl (C=O) groups is 1. The van der Waals surface area contributed by atoms with Gasteiger partial charge in [0, 0.05) is 36.0 Å². The predicted octanol–water partition coefficient (Wildman–Crippen LogP) is 3.59. The lowest BCUT2D eigenvalue weighted by molar-refractivity contribution is -0.116. The smallest absolute Gasteiger partial charge is 0.225 e. The summed E-state index contributed by atoms with van der Waals surface area (Å²) in [6.07, 6.45) is 2.56. The third-order valence-corrected chi connectivity index (χ3v) is 5.29. The number of amides is 1. The molecule has 1 atom stereocenters. The van der Waals surface area contributed by atoms with E-state index < -0.39 is 0 Å². The van der Waals surface area contributed by atoms with Crippen molar-refractivity contribution in [2.45, 2.75) is 30.7 Å². The van der Waals surface area contributed by atoms with Crippen LogP contribution < -0.4 is 16.0 Å². The van der Waals surface area contributed by atoms with Gasteiger partial charge in [-0.05, 0) is 42.5 Å². The summed E-state index contributed by atoms with van der Waals surface area (Å²) >= 11 is 1.74. The quantitative estimate of drug-likeness (QED) is 0.406. The van der Waals surface area contributed by atoms with Crippen LogP contribution in [0.5, 0.6) is 0 Å². The number of anilines is 1. The van der Waals surface area contributed by atoms with E-state index in [0.29, 0.717) is 19.5 Å². The highest BCUT2D eigenvalue weighted by molar-refractivity contribution is 7.98. The molecule has 1 aliphatic rings. The third kappa shape index (κ3) is 5.26. The summed E-state index contributed by atoms with van der Waals surface area (Å²) in [6, 6.07) is 16.5. The Morgan fingerprint density at radius 1 is 1.19 bits per heavy atom. The topological polar surface area (TPSA) is 65.5 Å². The van der Waals surface area contributed by atoms with Crippen molar-refractivity contribution in [3.05, 3.63) is 59.7 Å². The summed E-state index contributed by atoms with van der Waals surface area (Å²) < 4.78 is 0. The average Bonchev–Trinajstić information content (AvgIpc) is 2.70. The van der Waals surface area contributed by atoms with Gasteiger partial charge in [-0.25, -0.2) is 4.99 Å². The van der Waals surface area contributed by atoms with Crippen molar-refractivity contribution in [1.82, 2.24) is 10.6 Å². The second-order valence-electron chi connectivity index (χ2n) is 6.46. The van der Waals surface area contributed by atoms with Crippen LogP contribution in [0.15, 0.2) is 58.4 Å². The van der Waals surface area contributed by atoms with E-state index in [0.717, 1.165) is 18.2 Å². The van der Waals surface area contributed by atoms with Gasteiger partial charge < -0.3 is 16.0 Å². The molecule has 142 valence electrons. The molecule has 3 rings (SSSR count). The van der Waals surface area contributed by atoms with Crippen LogP contribution in [0.1, 0.15) is 30.4 Å². The molecule has 0 aromatic heterocycles. The summed E-state index contributed by atoms with van der Waals surface area (Å²) in [4.78, 5) is 17.9. The van der Waals surface area contributed by atoms with Gasteiger partial charge >= 0.3 is 0 Å². The molecule has 0 saturated heterocycles. The monoisotopic (exact) mass is 382 g/mol. The number of benzene rings is 2. The predicted molar refractivity (Wildman–Crippen MR) is 113 cm³/mol. The van der Waals surface area contributed by atoms with Crippen LogP contribution in [0.2, 0.25) is 0 Å². The molecule has 6 heteroatoms. The molecule has 0 saturated carbocycles. The number of para-hydroxylation sites is 1. The molecule has 1 amide bonds. The number of nitrogens with one attached hydrogen (secondary N) is 3. The van der Waals surface area contributed by atoms with Crippen molar-refractivity contribution in [3.63, 3.8) is 0 Å². The number of carbonyl (C=O) groups excluding carboxylic acids is 1. The number of thioether (sulfide) groups is 1. The number of hydrogen-bond donors (Lipinski definition) is 3. The average molecular weight is 383 g/mol. The number of fused-ring (bicyclic) bond motifs is 1. The molecule has 2 aromatic rings. The van der Waals surface area contributed by atoms with Gasteiger partial charge in [0.15, 0.2) is 5.96 Å². The van der Waals surface area contributed by atoms with E-state index in [1.54, 1.807) is 11.8 Å². The van der Waals surface area contributed by atoms with E-state index in [-0.39, 0.29) is 11.8 Å². The van der Waals surface area contributed by atoms with E-state index in [1.165, 1.54) is 16.0 Å². The summed E-state index contributed by atoms with van der Waals surface area (Å²) in [6.45, 7) is 4.13. The molecule has 2 aromatic carbocycles. The second-order valence-corrected chi connectivity index (χ2v) is 7.34. The van der Waals surface area contributed by atoms with Crippen LogP contribution >= 0.6 is 11.8 Å². The van der Waals surface area contributed by atoms with Crippen molar-refractivity contribution in [2.24, 2.45) is 4.99 Å². The fourth-order valence-electron chi connectivity index (χ4n) is 3.15.